The summed E-state index contributed by atoms with van der Waals surface area (Å²) < 4.78 is 29.0. The van der Waals surface area contributed by atoms with Gasteiger partial charge in [-0.2, -0.15) is 0 Å². The summed E-state index contributed by atoms with van der Waals surface area (Å²) in [4.78, 5) is 9.11. The molecule has 0 saturated heterocycles. The largest absolute Gasteiger partial charge is 0.463 e. The van der Waals surface area contributed by atoms with E-state index in [0.29, 0.717) is 6.54 Å². The van der Waals surface area contributed by atoms with Crippen molar-refractivity contribution in [3.05, 3.63) is 36.0 Å². The van der Waals surface area contributed by atoms with Crippen molar-refractivity contribution < 1.29 is 13.2 Å². The number of nitrogens with zero attached hydrogens (tertiary/aromatic N) is 2. The first-order valence-corrected chi connectivity index (χ1v) is 9.15. The van der Waals surface area contributed by atoms with Crippen LogP contribution in [-0.4, -0.2) is 49.6 Å². The van der Waals surface area contributed by atoms with Crippen LogP contribution in [0.5, 0.6) is 0 Å². The number of aromatic amines is 1. The standard InChI is InChI=1S/C15H19N3O3S/c1-11(13-7-17-14-6-4-3-5-12(13)14)18(10-22(2,19)20)15-8-16-9-21-15/h3-7,9,11,15,17H,8,10H2,1-2H3/t11-,15+/m1/s1. The summed E-state index contributed by atoms with van der Waals surface area (Å²) >= 11 is 0. The third kappa shape index (κ3) is 3.00. The van der Waals surface area contributed by atoms with Gasteiger partial charge in [0.25, 0.3) is 0 Å². The summed E-state index contributed by atoms with van der Waals surface area (Å²) in [5.41, 5.74) is 2.09. The maximum Gasteiger partial charge on any atom is 0.174 e. The van der Waals surface area contributed by atoms with Gasteiger partial charge in [-0.05, 0) is 18.6 Å². The molecule has 0 amide bonds. The highest BCUT2D eigenvalue weighted by Crippen LogP contribution is 2.30. The van der Waals surface area contributed by atoms with Crippen LogP contribution in [-0.2, 0) is 14.6 Å². The molecule has 0 unspecified atom stereocenters. The van der Waals surface area contributed by atoms with Gasteiger partial charge in [0, 0.05) is 29.4 Å². The highest BCUT2D eigenvalue weighted by molar-refractivity contribution is 7.90. The minimum atomic E-state index is -3.17. The molecule has 1 N–H and O–H groups in total. The summed E-state index contributed by atoms with van der Waals surface area (Å²) in [5, 5.41) is 1.09. The minimum Gasteiger partial charge on any atom is -0.463 e. The van der Waals surface area contributed by atoms with Gasteiger partial charge in [-0.1, -0.05) is 18.2 Å². The molecular formula is C15H19N3O3S. The van der Waals surface area contributed by atoms with Crippen LogP contribution >= 0.6 is 0 Å². The third-order valence-corrected chi connectivity index (χ3v) is 4.64. The molecule has 1 aliphatic heterocycles. The molecule has 3 rings (SSSR count). The lowest BCUT2D eigenvalue weighted by molar-refractivity contribution is 0.0288. The van der Waals surface area contributed by atoms with E-state index < -0.39 is 9.84 Å². The molecule has 22 heavy (non-hydrogen) atoms. The predicted molar refractivity (Wildman–Crippen MR) is 86.5 cm³/mol. The quantitative estimate of drug-likeness (QED) is 0.913. The topological polar surface area (TPSA) is 74.8 Å². The van der Waals surface area contributed by atoms with Crippen LogP contribution < -0.4 is 0 Å². The maximum atomic E-state index is 11.8. The van der Waals surface area contributed by atoms with Crippen molar-refractivity contribution in [2.24, 2.45) is 4.99 Å². The first kappa shape index (κ1) is 15.1. The SMILES string of the molecule is C[C@H](c1c[nH]c2ccccc12)N(CS(C)(=O)=O)[C@@H]1CN=CO1. The van der Waals surface area contributed by atoms with Crippen LogP contribution in [0.3, 0.4) is 0 Å². The Morgan fingerprint density at radius 1 is 1.45 bits per heavy atom. The number of nitrogens with one attached hydrogen (secondary N) is 1. The average molecular weight is 321 g/mol. The zero-order valence-corrected chi connectivity index (χ0v) is 13.4. The number of aliphatic imine (C=N–C) groups is 1. The number of aromatic nitrogens is 1. The summed E-state index contributed by atoms with van der Waals surface area (Å²) in [6.45, 7) is 2.44. The first-order valence-electron chi connectivity index (χ1n) is 7.09. The van der Waals surface area contributed by atoms with E-state index in [1.54, 1.807) is 0 Å². The molecule has 0 radical (unpaired) electrons. The summed E-state index contributed by atoms with van der Waals surface area (Å²) in [7, 11) is -3.17. The predicted octanol–water partition coefficient (Wildman–Crippen LogP) is 1.92. The minimum absolute atomic E-state index is 0.0678. The first-order chi connectivity index (χ1) is 10.5. The number of hydrogen-bond donors (Lipinski definition) is 1. The molecule has 1 aromatic carbocycles. The van der Waals surface area contributed by atoms with E-state index in [0.717, 1.165) is 16.5 Å². The fourth-order valence-electron chi connectivity index (χ4n) is 2.81. The smallest absolute Gasteiger partial charge is 0.174 e. The Labute approximate surface area is 129 Å². The fraction of sp³-hybridized carbons (Fsp3) is 0.400. The molecule has 2 aromatic rings. The molecule has 118 valence electrons. The molecular weight excluding hydrogens is 302 g/mol. The van der Waals surface area contributed by atoms with Crippen LogP contribution in [0.4, 0.5) is 0 Å². The van der Waals surface area contributed by atoms with Crippen LogP contribution in [0.2, 0.25) is 0 Å². The van der Waals surface area contributed by atoms with E-state index in [9.17, 15) is 8.42 Å². The van der Waals surface area contributed by atoms with E-state index in [-0.39, 0.29) is 18.1 Å². The molecule has 0 aliphatic carbocycles. The summed E-state index contributed by atoms with van der Waals surface area (Å²) in [6, 6.07) is 7.86. The number of benzene rings is 1. The number of H-pyrrole nitrogens is 1. The number of para-hydroxylation sites is 1. The molecule has 0 spiro atoms. The van der Waals surface area contributed by atoms with Crippen molar-refractivity contribution in [2.45, 2.75) is 19.2 Å². The highest BCUT2D eigenvalue weighted by Gasteiger charge is 2.31. The Kier molecular flexibility index (Phi) is 3.92. The molecule has 1 aromatic heterocycles. The third-order valence-electron chi connectivity index (χ3n) is 3.88. The molecule has 0 fully saturated rings. The normalized spacial score (nSPS) is 19.7. The van der Waals surface area contributed by atoms with Gasteiger partial charge < -0.3 is 9.72 Å². The molecule has 2 atom stereocenters. The molecule has 7 heteroatoms. The van der Waals surface area contributed by atoms with Gasteiger partial charge in [0.15, 0.2) is 22.5 Å². The van der Waals surface area contributed by atoms with Crippen molar-refractivity contribution in [1.29, 1.82) is 0 Å². The lowest BCUT2D eigenvalue weighted by Crippen LogP contribution is -2.42. The van der Waals surface area contributed by atoms with Gasteiger partial charge in [-0.3, -0.25) is 4.99 Å². The van der Waals surface area contributed by atoms with Gasteiger partial charge >= 0.3 is 0 Å². The second-order valence-electron chi connectivity index (χ2n) is 5.60. The molecule has 2 heterocycles. The Morgan fingerprint density at radius 2 is 2.23 bits per heavy atom. The molecule has 0 bridgehead atoms. The lowest BCUT2D eigenvalue weighted by Gasteiger charge is -2.32. The number of ether oxygens (including phenoxy) is 1. The van der Waals surface area contributed by atoms with Crippen molar-refractivity contribution in [2.75, 3.05) is 18.7 Å². The van der Waals surface area contributed by atoms with E-state index in [2.05, 4.69) is 9.98 Å². The zero-order valence-electron chi connectivity index (χ0n) is 12.6. The second kappa shape index (κ2) is 5.73. The van der Waals surface area contributed by atoms with Crippen LogP contribution in [0.15, 0.2) is 35.5 Å². The summed E-state index contributed by atoms with van der Waals surface area (Å²) in [5.74, 6) is -0.0678. The van der Waals surface area contributed by atoms with Crippen LogP contribution in [0.1, 0.15) is 18.5 Å². The van der Waals surface area contributed by atoms with E-state index >= 15 is 0 Å². The number of fused-ring (bicyclic) bond motifs is 1. The van der Waals surface area contributed by atoms with Gasteiger partial charge in [0.2, 0.25) is 0 Å². The number of rotatable bonds is 5. The number of hydrogen-bond acceptors (Lipinski definition) is 5. The zero-order chi connectivity index (χ0) is 15.7. The average Bonchev–Trinajstić information content (AvgIpc) is 3.12. The Morgan fingerprint density at radius 3 is 2.91 bits per heavy atom. The Hall–Kier alpha value is -1.86. The molecule has 1 aliphatic rings. The van der Waals surface area contributed by atoms with E-state index in [1.165, 1.54) is 12.7 Å². The summed E-state index contributed by atoms with van der Waals surface area (Å²) in [6.07, 6.45) is 4.21. The molecule has 0 saturated carbocycles. The fourth-order valence-corrected chi connectivity index (χ4v) is 3.74. The lowest BCUT2D eigenvalue weighted by atomic mass is 10.1. The van der Waals surface area contributed by atoms with Crippen LogP contribution in [0.25, 0.3) is 10.9 Å². The van der Waals surface area contributed by atoms with Crippen molar-refractivity contribution >= 4 is 27.1 Å². The maximum absolute atomic E-state index is 11.8. The molecule has 6 nitrogen and oxygen atoms in total. The van der Waals surface area contributed by atoms with Gasteiger partial charge in [0.1, 0.15) is 5.88 Å². The second-order valence-corrected chi connectivity index (χ2v) is 7.71. The van der Waals surface area contributed by atoms with Gasteiger partial charge in [-0.15, -0.1) is 0 Å². The van der Waals surface area contributed by atoms with E-state index in [1.807, 2.05) is 42.3 Å². The van der Waals surface area contributed by atoms with Crippen molar-refractivity contribution in [1.82, 2.24) is 9.88 Å². The van der Waals surface area contributed by atoms with Crippen molar-refractivity contribution in [3.8, 4) is 0 Å². The highest BCUT2D eigenvalue weighted by atomic mass is 32.2. The Balaban J connectivity index is 1.95. The Bertz CT molecular complexity index is 789. The van der Waals surface area contributed by atoms with E-state index in [4.69, 9.17) is 4.74 Å². The number of sulfone groups is 1. The van der Waals surface area contributed by atoms with Gasteiger partial charge in [0.05, 0.1) is 6.54 Å². The van der Waals surface area contributed by atoms with Crippen molar-refractivity contribution in [3.63, 3.8) is 0 Å². The van der Waals surface area contributed by atoms with Gasteiger partial charge in [-0.25, -0.2) is 13.3 Å². The monoisotopic (exact) mass is 321 g/mol. The van der Waals surface area contributed by atoms with Crippen LogP contribution in [0, 0.1) is 0 Å².